The average molecular weight is 236 g/mol. The molecular weight excluding hydrogens is 216 g/mol. The Hall–Kier alpha value is -1.58. The molecule has 0 aliphatic carbocycles. The predicted octanol–water partition coefficient (Wildman–Crippen LogP) is 1.23. The number of hydrogen-bond donors (Lipinski definition) is 0. The van der Waals surface area contributed by atoms with E-state index in [0.29, 0.717) is 0 Å². The van der Waals surface area contributed by atoms with E-state index in [4.69, 9.17) is 0 Å². The summed E-state index contributed by atoms with van der Waals surface area (Å²) in [5, 5.41) is 0. The lowest BCUT2D eigenvalue weighted by Crippen LogP contribution is -2.32. The van der Waals surface area contributed by atoms with Crippen molar-refractivity contribution in [1.82, 2.24) is 9.47 Å². The van der Waals surface area contributed by atoms with E-state index >= 15 is 0 Å². The number of rotatable bonds is 2. The van der Waals surface area contributed by atoms with Crippen LogP contribution >= 0.6 is 0 Å². The monoisotopic (exact) mass is 236 g/mol. The molecule has 4 heteroatoms. The van der Waals surface area contributed by atoms with E-state index in [2.05, 4.69) is 20.8 Å². The van der Waals surface area contributed by atoms with E-state index in [0.717, 1.165) is 5.56 Å². The number of amides is 1. The van der Waals surface area contributed by atoms with Crippen LogP contribution in [0.2, 0.25) is 0 Å². The Balaban J connectivity index is 3.08. The van der Waals surface area contributed by atoms with Crippen molar-refractivity contribution in [2.75, 3.05) is 14.1 Å². The van der Waals surface area contributed by atoms with Crippen LogP contribution in [0.25, 0.3) is 0 Å². The number of likely N-dealkylation sites (N-methyl/N-ethyl adjacent to an activating group) is 1. The average Bonchev–Trinajstić information content (AvgIpc) is 2.19. The Morgan fingerprint density at radius 1 is 1.29 bits per heavy atom. The lowest BCUT2D eigenvalue weighted by Gasteiger charge is -2.20. The molecule has 17 heavy (non-hydrogen) atoms. The highest BCUT2D eigenvalue weighted by atomic mass is 16.2. The van der Waals surface area contributed by atoms with Gasteiger partial charge in [0.05, 0.1) is 0 Å². The Morgan fingerprint density at radius 3 is 2.35 bits per heavy atom. The molecule has 1 amide bonds. The molecule has 0 saturated carbocycles. The molecule has 0 fully saturated rings. The second-order valence-electron chi connectivity index (χ2n) is 5.42. The number of carbonyl (C=O) groups is 1. The quantitative estimate of drug-likeness (QED) is 0.775. The van der Waals surface area contributed by atoms with Gasteiger partial charge in [-0.05, 0) is 11.0 Å². The zero-order valence-electron chi connectivity index (χ0n) is 11.2. The summed E-state index contributed by atoms with van der Waals surface area (Å²) < 4.78 is 1.46. The second kappa shape index (κ2) is 4.73. The predicted molar refractivity (Wildman–Crippen MR) is 68.1 cm³/mol. The standard InChI is InChI=1S/C13H20N2O2/c1-13(2,3)10-6-7-11(16)15(8-10)9-12(17)14(4)5/h6-8H,9H2,1-5H3. The second-order valence-corrected chi connectivity index (χ2v) is 5.42. The van der Waals surface area contributed by atoms with Gasteiger partial charge in [-0.2, -0.15) is 0 Å². The molecule has 0 aromatic carbocycles. The molecule has 0 N–H and O–H groups in total. The number of nitrogens with zero attached hydrogens (tertiary/aromatic N) is 2. The minimum Gasteiger partial charge on any atom is -0.347 e. The lowest BCUT2D eigenvalue weighted by atomic mass is 9.88. The fraction of sp³-hybridized carbons (Fsp3) is 0.538. The third-order valence-electron chi connectivity index (χ3n) is 2.65. The maximum atomic E-state index is 11.6. The van der Waals surface area contributed by atoms with Crippen molar-refractivity contribution >= 4 is 5.91 Å². The van der Waals surface area contributed by atoms with Crippen LogP contribution in [0.15, 0.2) is 23.1 Å². The van der Waals surface area contributed by atoms with Gasteiger partial charge in [0.15, 0.2) is 0 Å². The van der Waals surface area contributed by atoms with Gasteiger partial charge in [-0.25, -0.2) is 0 Å². The van der Waals surface area contributed by atoms with E-state index in [-0.39, 0.29) is 23.4 Å². The Morgan fingerprint density at radius 2 is 1.88 bits per heavy atom. The van der Waals surface area contributed by atoms with E-state index in [1.807, 2.05) is 6.07 Å². The summed E-state index contributed by atoms with van der Waals surface area (Å²) in [7, 11) is 3.36. The van der Waals surface area contributed by atoms with Crippen LogP contribution in [-0.2, 0) is 16.8 Å². The first-order valence-corrected chi connectivity index (χ1v) is 5.63. The van der Waals surface area contributed by atoms with Gasteiger partial charge >= 0.3 is 0 Å². The molecule has 94 valence electrons. The molecule has 0 bridgehead atoms. The molecule has 0 spiro atoms. The first-order valence-electron chi connectivity index (χ1n) is 5.63. The third-order valence-corrected chi connectivity index (χ3v) is 2.65. The summed E-state index contributed by atoms with van der Waals surface area (Å²) in [6.45, 7) is 6.32. The highest BCUT2D eigenvalue weighted by Crippen LogP contribution is 2.20. The van der Waals surface area contributed by atoms with E-state index in [1.54, 1.807) is 20.3 Å². The molecule has 1 heterocycles. The van der Waals surface area contributed by atoms with Crippen LogP contribution in [0, 0.1) is 0 Å². The van der Waals surface area contributed by atoms with Crippen molar-refractivity contribution in [3.63, 3.8) is 0 Å². The molecule has 0 aliphatic rings. The molecule has 0 saturated heterocycles. The third kappa shape index (κ3) is 3.44. The smallest absolute Gasteiger partial charge is 0.251 e. The van der Waals surface area contributed by atoms with Crippen LogP contribution in [0.1, 0.15) is 26.3 Å². The highest BCUT2D eigenvalue weighted by molar-refractivity contribution is 5.75. The maximum absolute atomic E-state index is 11.6. The summed E-state index contributed by atoms with van der Waals surface area (Å²) in [5.74, 6) is -0.0850. The Bertz CT molecular complexity index is 467. The van der Waals surface area contributed by atoms with E-state index in [1.165, 1.54) is 15.5 Å². The van der Waals surface area contributed by atoms with Crippen LogP contribution in [0.3, 0.4) is 0 Å². The van der Waals surface area contributed by atoms with Crippen molar-refractivity contribution in [1.29, 1.82) is 0 Å². The van der Waals surface area contributed by atoms with Gasteiger partial charge in [0.1, 0.15) is 6.54 Å². The molecule has 1 aromatic heterocycles. The number of carbonyl (C=O) groups excluding carboxylic acids is 1. The van der Waals surface area contributed by atoms with E-state index in [9.17, 15) is 9.59 Å². The highest BCUT2D eigenvalue weighted by Gasteiger charge is 2.15. The van der Waals surface area contributed by atoms with Crippen LogP contribution in [-0.4, -0.2) is 29.5 Å². The molecule has 0 radical (unpaired) electrons. The van der Waals surface area contributed by atoms with Gasteiger partial charge in [0.25, 0.3) is 5.56 Å². The molecule has 0 atom stereocenters. The van der Waals surface area contributed by atoms with Gasteiger partial charge in [0, 0.05) is 26.4 Å². The lowest BCUT2D eigenvalue weighted by molar-refractivity contribution is -0.129. The molecule has 0 unspecified atom stereocenters. The zero-order chi connectivity index (χ0) is 13.2. The number of hydrogen-bond acceptors (Lipinski definition) is 2. The molecule has 1 rings (SSSR count). The SMILES string of the molecule is CN(C)C(=O)Cn1cc(C(C)(C)C)ccc1=O. The van der Waals surface area contributed by atoms with Gasteiger partial charge in [-0.15, -0.1) is 0 Å². The molecule has 4 nitrogen and oxygen atoms in total. The summed E-state index contributed by atoms with van der Waals surface area (Å²) in [6.07, 6.45) is 1.77. The first-order chi connectivity index (χ1) is 7.71. The molecule has 0 aliphatic heterocycles. The fourth-order valence-corrected chi connectivity index (χ4v) is 1.39. The fourth-order valence-electron chi connectivity index (χ4n) is 1.39. The van der Waals surface area contributed by atoms with Crippen molar-refractivity contribution in [2.24, 2.45) is 0 Å². The van der Waals surface area contributed by atoms with Gasteiger partial charge in [-0.1, -0.05) is 26.8 Å². The largest absolute Gasteiger partial charge is 0.347 e. The van der Waals surface area contributed by atoms with Crippen LogP contribution in [0.4, 0.5) is 0 Å². The van der Waals surface area contributed by atoms with Crippen LogP contribution < -0.4 is 5.56 Å². The van der Waals surface area contributed by atoms with Crippen molar-refractivity contribution in [2.45, 2.75) is 32.7 Å². The Labute approximate surface area is 102 Å². The zero-order valence-corrected chi connectivity index (χ0v) is 11.2. The maximum Gasteiger partial charge on any atom is 0.251 e. The summed E-state index contributed by atoms with van der Waals surface area (Å²) in [6, 6.07) is 3.34. The first kappa shape index (κ1) is 13.5. The van der Waals surface area contributed by atoms with Gasteiger partial charge in [0.2, 0.25) is 5.91 Å². The molecule has 1 aromatic rings. The Kier molecular flexibility index (Phi) is 3.76. The van der Waals surface area contributed by atoms with Gasteiger partial charge in [-0.3, -0.25) is 9.59 Å². The minimum atomic E-state index is -0.145. The molecular formula is C13H20N2O2. The summed E-state index contributed by atoms with van der Waals surface area (Å²) in [4.78, 5) is 24.7. The summed E-state index contributed by atoms with van der Waals surface area (Å²) in [5.41, 5.74) is 0.869. The van der Waals surface area contributed by atoms with Gasteiger partial charge < -0.3 is 9.47 Å². The number of aromatic nitrogens is 1. The topological polar surface area (TPSA) is 42.3 Å². The number of pyridine rings is 1. The minimum absolute atomic E-state index is 0.0311. The van der Waals surface area contributed by atoms with Crippen molar-refractivity contribution < 1.29 is 4.79 Å². The van der Waals surface area contributed by atoms with Crippen LogP contribution in [0.5, 0.6) is 0 Å². The van der Waals surface area contributed by atoms with Crippen molar-refractivity contribution in [3.05, 3.63) is 34.2 Å². The van der Waals surface area contributed by atoms with Crippen molar-refractivity contribution in [3.8, 4) is 0 Å². The van der Waals surface area contributed by atoms with E-state index < -0.39 is 0 Å². The normalized spacial score (nSPS) is 11.4. The summed E-state index contributed by atoms with van der Waals surface area (Å²) >= 11 is 0.